The lowest BCUT2D eigenvalue weighted by Gasteiger charge is -2.31. The first-order valence-corrected chi connectivity index (χ1v) is 5.88. The molecule has 0 aliphatic carbocycles. The summed E-state index contributed by atoms with van der Waals surface area (Å²) in [6.45, 7) is 1.00. The van der Waals surface area contributed by atoms with Crippen LogP contribution in [0.5, 0.6) is 0 Å². The Morgan fingerprint density at radius 1 is 1.28 bits per heavy atom. The van der Waals surface area contributed by atoms with E-state index < -0.39 is 11.7 Å². The number of hydrogen-bond acceptors (Lipinski definition) is 1. The number of rotatable bonds is 2. The predicted octanol–water partition coefficient (Wildman–Crippen LogP) is 3.04. The van der Waals surface area contributed by atoms with Crippen molar-refractivity contribution in [3.8, 4) is 0 Å². The average molecular weight is 257 g/mol. The van der Waals surface area contributed by atoms with Crippen molar-refractivity contribution in [2.24, 2.45) is 0 Å². The minimum Gasteiger partial charge on any atom is -0.345 e. The molecular weight excluding hydrogens is 243 g/mol. The minimum absolute atomic E-state index is 0.221. The summed E-state index contributed by atoms with van der Waals surface area (Å²) < 4.78 is 38.7. The van der Waals surface area contributed by atoms with Crippen molar-refractivity contribution in [1.29, 1.82) is 0 Å². The molecule has 1 heterocycles. The molecule has 0 saturated carbocycles. The van der Waals surface area contributed by atoms with E-state index in [0.29, 0.717) is 31.5 Å². The standard InChI is InChI=1S/C13H14F3NO/c14-13(15,16)12-6-2-1-5-11(12)10-4-3-7-17(8-10)9-18/h1-2,5-6,9-10H,3-4,7-8H2. The molecule has 2 rings (SSSR count). The summed E-state index contributed by atoms with van der Waals surface area (Å²) >= 11 is 0. The Labute approximate surface area is 103 Å². The van der Waals surface area contributed by atoms with Crippen molar-refractivity contribution < 1.29 is 18.0 Å². The van der Waals surface area contributed by atoms with Gasteiger partial charge in [0.05, 0.1) is 5.56 Å². The summed E-state index contributed by atoms with van der Waals surface area (Å²) in [6.07, 6.45) is -2.19. The summed E-state index contributed by atoms with van der Waals surface area (Å²) in [4.78, 5) is 12.3. The third-order valence-corrected chi connectivity index (χ3v) is 3.31. The van der Waals surface area contributed by atoms with Crippen LogP contribution in [0.1, 0.15) is 29.9 Å². The lowest BCUT2D eigenvalue weighted by atomic mass is 9.87. The highest BCUT2D eigenvalue weighted by Crippen LogP contribution is 2.37. The van der Waals surface area contributed by atoms with Crippen LogP contribution in [0.4, 0.5) is 13.2 Å². The van der Waals surface area contributed by atoms with Gasteiger partial charge in [0.1, 0.15) is 0 Å². The van der Waals surface area contributed by atoms with E-state index in [-0.39, 0.29) is 5.92 Å². The number of nitrogens with zero attached hydrogens (tertiary/aromatic N) is 1. The fourth-order valence-electron chi connectivity index (χ4n) is 2.47. The molecule has 1 atom stereocenters. The van der Waals surface area contributed by atoms with Gasteiger partial charge in [0, 0.05) is 19.0 Å². The molecule has 0 aromatic heterocycles. The molecule has 0 N–H and O–H groups in total. The van der Waals surface area contributed by atoms with Gasteiger partial charge in [-0.05, 0) is 24.5 Å². The van der Waals surface area contributed by atoms with Crippen LogP contribution in [-0.4, -0.2) is 24.4 Å². The van der Waals surface area contributed by atoms with Gasteiger partial charge in [-0.25, -0.2) is 0 Å². The van der Waals surface area contributed by atoms with Crippen LogP contribution in [0.2, 0.25) is 0 Å². The molecule has 0 spiro atoms. The van der Waals surface area contributed by atoms with E-state index in [9.17, 15) is 18.0 Å². The number of benzene rings is 1. The van der Waals surface area contributed by atoms with Crippen LogP contribution < -0.4 is 0 Å². The van der Waals surface area contributed by atoms with Crippen molar-refractivity contribution >= 4 is 6.41 Å². The Hall–Kier alpha value is -1.52. The molecule has 98 valence electrons. The summed E-state index contributed by atoms with van der Waals surface area (Å²) in [5.41, 5.74) is -0.278. The predicted molar refractivity (Wildman–Crippen MR) is 61.1 cm³/mol. The molecule has 1 aliphatic rings. The maximum absolute atomic E-state index is 12.9. The molecule has 1 aliphatic heterocycles. The SMILES string of the molecule is O=CN1CCCC(c2ccccc2C(F)(F)F)C1. The zero-order valence-corrected chi connectivity index (χ0v) is 9.78. The third-order valence-electron chi connectivity index (χ3n) is 3.31. The van der Waals surface area contributed by atoms with Crippen molar-refractivity contribution in [2.75, 3.05) is 13.1 Å². The van der Waals surface area contributed by atoms with Gasteiger partial charge in [-0.3, -0.25) is 4.79 Å². The number of alkyl halides is 3. The van der Waals surface area contributed by atoms with E-state index >= 15 is 0 Å². The van der Waals surface area contributed by atoms with Gasteiger partial charge >= 0.3 is 6.18 Å². The maximum atomic E-state index is 12.9. The second-order valence-electron chi connectivity index (χ2n) is 4.52. The second kappa shape index (κ2) is 5.00. The zero-order valence-electron chi connectivity index (χ0n) is 9.78. The number of carbonyl (C=O) groups excluding carboxylic acids is 1. The Morgan fingerprint density at radius 2 is 2.00 bits per heavy atom. The molecule has 1 aromatic carbocycles. The topological polar surface area (TPSA) is 20.3 Å². The Morgan fingerprint density at radius 3 is 2.67 bits per heavy atom. The van der Waals surface area contributed by atoms with Gasteiger partial charge in [0.2, 0.25) is 6.41 Å². The van der Waals surface area contributed by atoms with Gasteiger partial charge in [-0.15, -0.1) is 0 Å². The quantitative estimate of drug-likeness (QED) is 0.746. The molecule has 0 bridgehead atoms. The number of halogens is 3. The zero-order chi connectivity index (χ0) is 13.2. The van der Waals surface area contributed by atoms with Crippen LogP contribution in [0.15, 0.2) is 24.3 Å². The van der Waals surface area contributed by atoms with Crippen molar-refractivity contribution in [1.82, 2.24) is 4.90 Å². The van der Waals surface area contributed by atoms with Crippen LogP contribution >= 0.6 is 0 Å². The Bertz CT molecular complexity index is 430. The van der Waals surface area contributed by atoms with Crippen LogP contribution in [0.25, 0.3) is 0 Å². The number of piperidine rings is 1. The lowest BCUT2D eigenvalue weighted by Crippen LogP contribution is -2.33. The molecule has 1 fully saturated rings. The van der Waals surface area contributed by atoms with E-state index in [2.05, 4.69) is 0 Å². The van der Waals surface area contributed by atoms with E-state index in [4.69, 9.17) is 0 Å². The lowest BCUT2D eigenvalue weighted by molar-refractivity contribution is -0.138. The van der Waals surface area contributed by atoms with Gasteiger partial charge in [-0.2, -0.15) is 13.2 Å². The van der Waals surface area contributed by atoms with Crippen molar-refractivity contribution in [3.05, 3.63) is 35.4 Å². The fourth-order valence-corrected chi connectivity index (χ4v) is 2.47. The highest BCUT2D eigenvalue weighted by atomic mass is 19.4. The Balaban J connectivity index is 2.30. The van der Waals surface area contributed by atoms with Crippen LogP contribution in [-0.2, 0) is 11.0 Å². The molecule has 0 radical (unpaired) electrons. The molecular formula is C13H14F3NO. The average Bonchev–Trinajstić information content (AvgIpc) is 2.38. The molecule has 1 unspecified atom stereocenters. The van der Waals surface area contributed by atoms with Crippen LogP contribution in [0.3, 0.4) is 0 Å². The van der Waals surface area contributed by atoms with Gasteiger partial charge in [0.15, 0.2) is 0 Å². The summed E-state index contributed by atoms with van der Waals surface area (Å²) in [7, 11) is 0. The molecule has 1 saturated heterocycles. The number of carbonyl (C=O) groups is 1. The van der Waals surface area contributed by atoms with Gasteiger partial charge in [-0.1, -0.05) is 18.2 Å². The molecule has 2 nitrogen and oxygen atoms in total. The smallest absolute Gasteiger partial charge is 0.345 e. The molecule has 18 heavy (non-hydrogen) atoms. The maximum Gasteiger partial charge on any atom is 0.416 e. The normalized spacial score (nSPS) is 20.8. The minimum atomic E-state index is -4.33. The molecule has 5 heteroatoms. The highest BCUT2D eigenvalue weighted by Gasteiger charge is 2.35. The summed E-state index contributed by atoms with van der Waals surface area (Å²) in [5.74, 6) is -0.221. The number of likely N-dealkylation sites (tertiary alicyclic amines) is 1. The van der Waals surface area contributed by atoms with E-state index in [1.807, 2.05) is 0 Å². The monoisotopic (exact) mass is 257 g/mol. The Kier molecular flexibility index (Phi) is 3.59. The number of hydrogen-bond donors (Lipinski definition) is 0. The van der Waals surface area contributed by atoms with Gasteiger partial charge in [0.25, 0.3) is 0 Å². The second-order valence-corrected chi connectivity index (χ2v) is 4.52. The first-order valence-electron chi connectivity index (χ1n) is 5.88. The third kappa shape index (κ3) is 2.66. The van der Waals surface area contributed by atoms with E-state index in [1.54, 1.807) is 11.0 Å². The fraction of sp³-hybridized carbons (Fsp3) is 0.462. The van der Waals surface area contributed by atoms with Crippen molar-refractivity contribution in [3.63, 3.8) is 0 Å². The van der Waals surface area contributed by atoms with Gasteiger partial charge < -0.3 is 4.90 Å². The summed E-state index contributed by atoms with van der Waals surface area (Å²) in [5, 5.41) is 0. The first kappa shape index (κ1) is 12.9. The largest absolute Gasteiger partial charge is 0.416 e. The molecule has 1 amide bonds. The van der Waals surface area contributed by atoms with Crippen molar-refractivity contribution in [2.45, 2.75) is 24.9 Å². The summed E-state index contributed by atoms with van der Waals surface area (Å²) in [6, 6.07) is 5.63. The van der Waals surface area contributed by atoms with E-state index in [1.165, 1.54) is 12.1 Å². The molecule has 1 aromatic rings. The number of amides is 1. The van der Waals surface area contributed by atoms with E-state index in [0.717, 1.165) is 12.5 Å². The highest BCUT2D eigenvalue weighted by molar-refractivity contribution is 5.48. The first-order chi connectivity index (χ1) is 8.52. The van der Waals surface area contributed by atoms with Crippen LogP contribution in [0, 0.1) is 0 Å².